The van der Waals surface area contributed by atoms with Crippen LogP contribution in [0.1, 0.15) is 21.6 Å². The van der Waals surface area contributed by atoms with E-state index in [1.807, 2.05) is 19.1 Å². The second kappa shape index (κ2) is 5.81. The van der Waals surface area contributed by atoms with Crippen LogP contribution in [-0.4, -0.2) is 27.5 Å². The van der Waals surface area contributed by atoms with Crippen LogP contribution in [0.15, 0.2) is 42.5 Å². The second-order valence-corrected chi connectivity index (χ2v) is 6.39. The van der Waals surface area contributed by atoms with Crippen molar-refractivity contribution in [1.82, 2.24) is 15.1 Å². The fourth-order valence-corrected chi connectivity index (χ4v) is 3.41. The molecule has 3 aromatic rings. The molecular formula is C20H15FN4O. The van der Waals surface area contributed by atoms with E-state index in [2.05, 4.69) is 16.8 Å². The zero-order chi connectivity index (χ0) is 18.4. The maximum Gasteiger partial charge on any atom is 0.254 e. The first-order chi connectivity index (χ1) is 12.5. The average Bonchev–Trinajstić information content (AvgIpc) is 3.14. The first kappa shape index (κ1) is 16.0. The van der Waals surface area contributed by atoms with E-state index in [4.69, 9.17) is 5.26 Å². The summed E-state index contributed by atoms with van der Waals surface area (Å²) < 4.78 is 14.7. The van der Waals surface area contributed by atoms with E-state index in [-0.39, 0.29) is 18.3 Å². The van der Waals surface area contributed by atoms with Gasteiger partial charge in [-0.25, -0.2) is 4.39 Å². The number of aryl methyl sites for hydroxylation is 1. The van der Waals surface area contributed by atoms with Crippen molar-refractivity contribution in [3.63, 3.8) is 0 Å². The van der Waals surface area contributed by atoms with Crippen LogP contribution in [0, 0.1) is 24.1 Å². The van der Waals surface area contributed by atoms with Gasteiger partial charge in [-0.3, -0.25) is 9.89 Å². The molecule has 1 amide bonds. The van der Waals surface area contributed by atoms with Gasteiger partial charge in [-0.1, -0.05) is 18.7 Å². The maximum atomic E-state index is 14.7. The Bertz CT molecular complexity index is 1120. The fraction of sp³-hybridized carbons (Fsp3) is 0.150. The van der Waals surface area contributed by atoms with Gasteiger partial charge in [0.05, 0.1) is 23.8 Å². The molecule has 0 saturated carbocycles. The molecule has 1 aliphatic rings. The van der Waals surface area contributed by atoms with Crippen LogP contribution < -0.4 is 0 Å². The predicted octanol–water partition coefficient (Wildman–Crippen LogP) is 3.71. The molecule has 0 unspecified atom stereocenters. The zero-order valence-corrected chi connectivity index (χ0v) is 14.1. The zero-order valence-electron chi connectivity index (χ0n) is 14.1. The fourth-order valence-electron chi connectivity index (χ4n) is 3.41. The summed E-state index contributed by atoms with van der Waals surface area (Å²) in [5, 5.41) is 16.7. The van der Waals surface area contributed by atoms with Crippen molar-refractivity contribution in [3.05, 3.63) is 65.1 Å². The number of nitrogens with zero attached hydrogens (tertiary/aromatic N) is 3. The van der Waals surface area contributed by atoms with Gasteiger partial charge >= 0.3 is 0 Å². The monoisotopic (exact) mass is 346 g/mol. The molecule has 0 radical (unpaired) electrons. The lowest BCUT2D eigenvalue weighted by Gasteiger charge is -2.14. The molecule has 26 heavy (non-hydrogen) atoms. The Kier molecular flexibility index (Phi) is 3.58. The Morgan fingerprint density at radius 1 is 1.38 bits per heavy atom. The predicted molar refractivity (Wildman–Crippen MR) is 95.7 cm³/mol. The molecule has 6 heteroatoms. The van der Waals surface area contributed by atoms with Gasteiger partial charge in [0.25, 0.3) is 5.91 Å². The SMILES string of the molecule is C=C(C#N)CN1Cc2c(cccc2-c2cc3c(C)n[nH]c3cc2F)C1=O. The Labute approximate surface area is 149 Å². The molecule has 4 rings (SSSR count). The Morgan fingerprint density at radius 3 is 2.92 bits per heavy atom. The highest BCUT2D eigenvalue weighted by molar-refractivity contribution is 6.01. The van der Waals surface area contributed by atoms with E-state index in [1.165, 1.54) is 6.07 Å². The number of H-pyrrole nitrogens is 1. The lowest BCUT2D eigenvalue weighted by molar-refractivity contribution is 0.0794. The number of aromatic amines is 1. The number of nitriles is 1. The first-order valence-corrected chi connectivity index (χ1v) is 8.13. The van der Waals surface area contributed by atoms with Crippen LogP contribution >= 0.6 is 0 Å². The van der Waals surface area contributed by atoms with Gasteiger partial charge in [-0.05, 0) is 30.2 Å². The highest BCUT2D eigenvalue weighted by Gasteiger charge is 2.30. The molecule has 1 N–H and O–H groups in total. The molecular weight excluding hydrogens is 331 g/mol. The van der Waals surface area contributed by atoms with Crippen molar-refractivity contribution in [2.24, 2.45) is 0 Å². The second-order valence-electron chi connectivity index (χ2n) is 6.39. The van der Waals surface area contributed by atoms with Crippen LogP contribution in [0.25, 0.3) is 22.0 Å². The van der Waals surface area contributed by atoms with Gasteiger partial charge in [-0.2, -0.15) is 10.4 Å². The van der Waals surface area contributed by atoms with Crippen molar-refractivity contribution < 1.29 is 9.18 Å². The third-order valence-electron chi connectivity index (χ3n) is 4.71. The number of benzene rings is 2. The van der Waals surface area contributed by atoms with Crippen LogP contribution in [0.2, 0.25) is 0 Å². The lowest BCUT2D eigenvalue weighted by Crippen LogP contribution is -2.25. The summed E-state index contributed by atoms with van der Waals surface area (Å²) in [6.45, 7) is 6.00. The molecule has 0 bridgehead atoms. The molecule has 0 saturated heterocycles. The van der Waals surface area contributed by atoms with Gasteiger partial charge < -0.3 is 4.90 Å². The minimum absolute atomic E-state index is 0.167. The number of hydrogen-bond acceptors (Lipinski definition) is 3. The van der Waals surface area contributed by atoms with E-state index < -0.39 is 0 Å². The van der Waals surface area contributed by atoms with Crippen LogP contribution in [-0.2, 0) is 6.54 Å². The first-order valence-electron chi connectivity index (χ1n) is 8.13. The Hall–Kier alpha value is -3.46. The summed E-state index contributed by atoms with van der Waals surface area (Å²) in [6, 6.07) is 10.4. The average molecular weight is 346 g/mol. The van der Waals surface area contributed by atoms with E-state index in [0.717, 1.165) is 16.6 Å². The molecule has 2 aromatic carbocycles. The molecule has 0 aliphatic carbocycles. The number of carbonyl (C=O) groups is 1. The minimum atomic E-state index is -0.373. The third-order valence-corrected chi connectivity index (χ3v) is 4.71. The maximum absolute atomic E-state index is 14.7. The highest BCUT2D eigenvalue weighted by atomic mass is 19.1. The summed E-state index contributed by atoms with van der Waals surface area (Å²) in [6.07, 6.45) is 0. The minimum Gasteiger partial charge on any atom is -0.329 e. The van der Waals surface area contributed by atoms with Crippen molar-refractivity contribution in [2.45, 2.75) is 13.5 Å². The number of aromatic nitrogens is 2. The van der Waals surface area contributed by atoms with Gasteiger partial charge in [0.1, 0.15) is 5.82 Å². The third kappa shape index (κ3) is 2.37. The van der Waals surface area contributed by atoms with Gasteiger partial charge in [0, 0.05) is 34.7 Å². The van der Waals surface area contributed by atoms with E-state index in [9.17, 15) is 9.18 Å². The van der Waals surface area contributed by atoms with Gasteiger partial charge in [0.15, 0.2) is 0 Å². The molecule has 2 heterocycles. The molecule has 0 fully saturated rings. The largest absolute Gasteiger partial charge is 0.329 e. The van der Waals surface area contributed by atoms with Gasteiger partial charge in [0.2, 0.25) is 0 Å². The highest BCUT2D eigenvalue weighted by Crippen LogP contribution is 2.36. The number of halogens is 1. The number of fused-ring (bicyclic) bond motifs is 2. The molecule has 128 valence electrons. The lowest BCUT2D eigenvalue weighted by atomic mass is 9.95. The van der Waals surface area contributed by atoms with E-state index in [1.54, 1.807) is 23.1 Å². The summed E-state index contributed by atoms with van der Waals surface area (Å²) >= 11 is 0. The van der Waals surface area contributed by atoms with Crippen LogP contribution in [0.4, 0.5) is 4.39 Å². The number of hydrogen-bond donors (Lipinski definition) is 1. The van der Waals surface area contributed by atoms with Crippen molar-refractivity contribution in [1.29, 1.82) is 5.26 Å². The number of carbonyl (C=O) groups excluding carboxylic acids is 1. The Balaban J connectivity index is 1.83. The number of rotatable bonds is 3. The van der Waals surface area contributed by atoms with E-state index in [0.29, 0.717) is 34.3 Å². The number of amides is 1. The summed E-state index contributed by atoms with van der Waals surface area (Å²) in [4.78, 5) is 14.2. The molecule has 1 aliphatic heterocycles. The number of nitrogens with one attached hydrogen (secondary N) is 1. The van der Waals surface area contributed by atoms with Crippen molar-refractivity contribution in [2.75, 3.05) is 6.54 Å². The normalized spacial score (nSPS) is 13.1. The summed E-state index contributed by atoms with van der Waals surface area (Å²) in [5.41, 5.74) is 4.17. The standard InChI is InChI=1S/C20H15FN4O/c1-11(8-22)9-25-10-17-13(4-3-5-14(17)20(25)26)16-6-15-12(2)23-24-19(15)7-18(16)21/h3-7H,1,9-10H2,2H3,(H,23,24). The topological polar surface area (TPSA) is 72.8 Å². The summed E-state index contributed by atoms with van der Waals surface area (Å²) in [5.74, 6) is -0.541. The van der Waals surface area contributed by atoms with Crippen LogP contribution in [0.5, 0.6) is 0 Å². The molecule has 5 nitrogen and oxygen atoms in total. The van der Waals surface area contributed by atoms with E-state index >= 15 is 0 Å². The molecule has 0 spiro atoms. The quantitative estimate of drug-likeness (QED) is 0.735. The van der Waals surface area contributed by atoms with Crippen molar-refractivity contribution >= 4 is 16.8 Å². The van der Waals surface area contributed by atoms with Crippen LogP contribution in [0.3, 0.4) is 0 Å². The smallest absolute Gasteiger partial charge is 0.254 e. The molecule has 1 aromatic heterocycles. The van der Waals surface area contributed by atoms with Gasteiger partial charge in [-0.15, -0.1) is 0 Å². The molecule has 0 atom stereocenters. The van der Waals surface area contributed by atoms with Crippen molar-refractivity contribution in [3.8, 4) is 17.2 Å². The summed E-state index contributed by atoms with van der Waals surface area (Å²) in [7, 11) is 0. The Morgan fingerprint density at radius 2 is 2.15 bits per heavy atom.